The maximum atomic E-state index is 13.9. The van der Waals surface area contributed by atoms with Gasteiger partial charge in [0.1, 0.15) is 11.6 Å². The van der Waals surface area contributed by atoms with Crippen LogP contribution in [0.4, 0.5) is 8.78 Å². The van der Waals surface area contributed by atoms with E-state index in [9.17, 15) is 18.4 Å². The Balaban J connectivity index is 1.35. The summed E-state index contributed by atoms with van der Waals surface area (Å²) in [6.45, 7) is 1.62. The molecule has 2 N–H and O–H groups in total. The smallest absolute Gasteiger partial charge is 0.256 e. The first-order valence-electron chi connectivity index (χ1n) is 10.2. The second-order valence-electron chi connectivity index (χ2n) is 8.44. The van der Waals surface area contributed by atoms with Gasteiger partial charge in [-0.05, 0) is 49.7 Å². The third-order valence-corrected chi connectivity index (χ3v) is 6.80. The van der Waals surface area contributed by atoms with Gasteiger partial charge in [0.2, 0.25) is 5.91 Å². The van der Waals surface area contributed by atoms with Crippen molar-refractivity contribution in [2.75, 3.05) is 26.2 Å². The third-order valence-electron chi connectivity index (χ3n) is 6.80. The van der Waals surface area contributed by atoms with Gasteiger partial charge in [-0.3, -0.25) is 9.59 Å². The molecule has 3 fully saturated rings. The SMILES string of the molecule is NC1C2CCCC1CC(C(=O)N1CCN(C(=O)c3ccc(F)cc3F)CC1)C2. The zero-order chi connectivity index (χ0) is 19.8. The zero-order valence-electron chi connectivity index (χ0n) is 15.9. The lowest BCUT2D eigenvalue weighted by Crippen LogP contribution is -2.54. The summed E-state index contributed by atoms with van der Waals surface area (Å²) in [4.78, 5) is 28.9. The first-order valence-corrected chi connectivity index (χ1v) is 10.2. The van der Waals surface area contributed by atoms with Crippen LogP contribution < -0.4 is 5.73 Å². The Hall–Kier alpha value is -2.02. The molecular formula is C21H27F2N3O2. The molecule has 2 saturated carbocycles. The lowest BCUT2D eigenvalue weighted by atomic mass is 9.65. The summed E-state index contributed by atoms with van der Waals surface area (Å²) in [6, 6.07) is 3.21. The number of rotatable bonds is 2. The zero-order valence-corrected chi connectivity index (χ0v) is 15.9. The van der Waals surface area contributed by atoms with Gasteiger partial charge in [0.05, 0.1) is 5.56 Å². The van der Waals surface area contributed by atoms with Crippen molar-refractivity contribution in [1.82, 2.24) is 9.80 Å². The number of piperazine rings is 1. The molecule has 152 valence electrons. The Labute approximate surface area is 163 Å². The molecule has 1 heterocycles. The maximum absolute atomic E-state index is 13.9. The van der Waals surface area contributed by atoms with Gasteiger partial charge >= 0.3 is 0 Å². The van der Waals surface area contributed by atoms with Gasteiger partial charge < -0.3 is 15.5 Å². The monoisotopic (exact) mass is 391 g/mol. The summed E-state index contributed by atoms with van der Waals surface area (Å²) in [5.74, 6) is -0.912. The van der Waals surface area contributed by atoms with Crippen LogP contribution in [-0.4, -0.2) is 53.8 Å². The van der Waals surface area contributed by atoms with E-state index in [1.165, 1.54) is 17.4 Å². The van der Waals surface area contributed by atoms with E-state index < -0.39 is 17.5 Å². The number of benzene rings is 1. The normalized spacial score (nSPS) is 30.2. The molecule has 1 aromatic carbocycles. The number of nitrogens with zero attached hydrogens (tertiary/aromatic N) is 2. The van der Waals surface area contributed by atoms with Crippen molar-refractivity contribution in [3.63, 3.8) is 0 Å². The highest BCUT2D eigenvalue weighted by molar-refractivity contribution is 5.94. The highest BCUT2D eigenvalue weighted by Gasteiger charge is 2.42. The van der Waals surface area contributed by atoms with Gasteiger partial charge in [-0.15, -0.1) is 0 Å². The van der Waals surface area contributed by atoms with Crippen molar-refractivity contribution >= 4 is 11.8 Å². The molecule has 3 aliphatic rings. The number of hydrogen-bond acceptors (Lipinski definition) is 3. The summed E-state index contributed by atoms with van der Waals surface area (Å²) in [6.07, 6.45) is 5.19. The Kier molecular flexibility index (Phi) is 5.36. The Bertz CT molecular complexity index is 750. The van der Waals surface area contributed by atoms with Crippen LogP contribution in [0.15, 0.2) is 18.2 Å². The summed E-state index contributed by atoms with van der Waals surface area (Å²) < 4.78 is 26.9. The summed E-state index contributed by atoms with van der Waals surface area (Å²) in [5, 5.41) is 0. The van der Waals surface area contributed by atoms with Gasteiger partial charge in [-0.25, -0.2) is 8.78 Å². The first kappa shape index (κ1) is 19.3. The van der Waals surface area contributed by atoms with Crippen LogP contribution in [-0.2, 0) is 4.79 Å². The number of amides is 2. The van der Waals surface area contributed by atoms with Crippen molar-refractivity contribution in [3.8, 4) is 0 Å². The van der Waals surface area contributed by atoms with Crippen LogP contribution in [0, 0.1) is 29.4 Å². The molecule has 5 nitrogen and oxygen atoms in total. The van der Waals surface area contributed by atoms with E-state index in [4.69, 9.17) is 5.73 Å². The molecule has 1 saturated heterocycles. The second kappa shape index (κ2) is 7.78. The van der Waals surface area contributed by atoms with Crippen molar-refractivity contribution < 1.29 is 18.4 Å². The number of carbonyl (C=O) groups excluding carboxylic acids is 2. The van der Waals surface area contributed by atoms with Crippen molar-refractivity contribution in [2.24, 2.45) is 23.5 Å². The Morgan fingerprint density at radius 3 is 2.18 bits per heavy atom. The molecule has 2 bridgehead atoms. The maximum Gasteiger partial charge on any atom is 0.256 e. The summed E-state index contributed by atoms with van der Waals surface area (Å²) >= 11 is 0. The highest BCUT2D eigenvalue weighted by atomic mass is 19.1. The van der Waals surface area contributed by atoms with Gasteiger partial charge in [0.25, 0.3) is 5.91 Å². The van der Waals surface area contributed by atoms with Crippen LogP contribution in [0.2, 0.25) is 0 Å². The number of hydrogen-bond donors (Lipinski definition) is 1. The predicted octanol–water partition coefficient (Wildman–Crippen LogP) is 2.40. The Morgan fingerprint density at radius 1 is 0.964 bits per heavy atom. The Morgan fingerprint density at radius 2 is 1.57 bits per heavy atom. The molecule has 0 spiro atoms. The molecule has 2 unspecified atom stereocenters. The van der Waals surface area contributed by atoms with Gasteiger partial charge in [-0.2, -0.15) is 0 Å². The largest absolute Gasteiger partial charge is 0.339 e. The molecule has 2 atom stereocenters. The molecule has 2 aliphatic carbocycles. The van der Waals surface area contributed by atoms with Crippen LogP contribution in [0.3, 0.4) is 0 Å². The third kappa shape index (κ3) is 3.64. The molecule has 4 rings (SSSR count). The van der Waals surface area contributed by atoms with E-state index in [-0.39, 0.29) is 23.4 Å². The molecule has 7 heteroatoms. The predicted molar refractivity (Wildman–Crippen MR) is 100 cm³/mol. The van der Waals surface area contributed by atoms with E-state index in [1.807, 2.05) is 4.90 Å². The fourth-order valence-electron chi connectivity index (χ4n) is 5.21. The number of fused-ring (bicyclic) bond motifs is 2. The fraction of sp³-hybridized carbons (Fsp3) is 0.619. The quantitative estimate of drug-likeness (QED) is 0.842. The van der Waals surface area contributed by atoms with E-state index in [0.29, 0.717) is 38.0 Å². The van der Waals surface area contributed by atoms with Gasteiger partial charge in [-0.1, -0.05) is 6.42 Å². The van der Waals surface area contributed by atoms with Gasteiger partial charge in [0.15, 0.2) is 0 Å². The molecular weight excluding hydrogens is 364 g/mol. The van der Waals surface area contributed by atoms with Crippen LogP contribution in [0.5, 0.6) is 0 Å². The molecule has 0 radical (unpaired) electrons. The highest BCUT2D eigenvalue weighted by Crippen LogP contribution is 2.42. The van der Waals surface area contributed by atoms with Crippen molar-refractivity contribution in [2.45, 2.75) is 38.1 Å². The molecule has 2 amide bonds. The minimum Gasteiger partial charge on any atom is -0.339 e. The fourth-order valence-corrected chi connectivity index (χ4v) is 5.21. The summed E-state index contributed by atoms with van der Waals surface area (Å²) in [7, 11) is 0. The molecule has 28 heavy (non-hydrogen) atoms. The summed E-state index contributed by atoms with van der Waals surface area (Å²) in [5.41, 5.74) is 6.20. The van der Waals surface area contributed by atoms with Crippen LogP contribution in [0.1, 0.15) is 42.5 Å². The first-order chi connectivity index (χ1) is 13.4. The lowest BCUT2D eigenvalue weighted by molar-refractivity contribution is -0.140. The molecule has 1 aromatic rings. The topological polar surface area (TPSA) is 66.6 Å². The minimum atomic E-state index is -0.853. The van der Waals surface area contributed by atoms with Crippen molar-refractivity contribution in [1.29, 1.82) is 0 Å². The number of carbonyl (C=O) groups is 2. The lowest BCUT2D eigenvalue weighted by Gasteiger charge is -2.45. The average Bonchev–Trinajstić information content (AvgIpc) is 2.67. The molecule has 0 aromatic heterocycles. The number of nitrogens with two attached hydrogens (primary N) is 1. The standard InChI is InChI=1S/C21H27F2N3O2/c22-16-4-5-17(18(23)12-16)21(28)26-8-6-25(7-9-26)20(27)15-10-13-2-1-3-14(11-15)19(13)24/h4-5,12-15,19H,1-3,6-11,24H2. The van der Waals surface area contributed by atoms with Crippen LogP contribution >= 0.6 is 0 Å². The average molecular weight is 391 g/mol. The van der Waals surface area contributed by atoms with Crippen LogP contribution in [0.25, 0.3) is 0 Å². The van der Waals surface area contributed by atoms with E-state index >= 15 is 0 Å². The van der Waals surface area contributed by atoms with E-state index in [1.54, 1.807) is 0 Å². The minimum absolute atomic E-state index is 0.0342. The van der Waals surface area contributed by atoms with E-state index in [2.05, 4.69) is 0 Å². The number of halogens is 2. The molecule has 1 aliphatic heterocycles. The second-order valence-corrected chi connectivity index (χ2v) is 8.44. The van der Waals surface area contributed by atoms with Crippen molar-refractivity contribution in [3.05, 3.63) is 35.4 Å². The van der Waals surface area contributed by atoms with E-state index in [0.717, 1.165) is 37.8 Å². The van der Waals surface area contributed by atoms with Gasteiger partial charge in [0, 0.05) is 44.2 Å².